The Morgan fingerprint density at radius 1 is 1.14 bits per heavy atom. The van der Waals surface area contributed by atoms with Gasteiger partial charge in [0.25, 0.3) is 0 Å². The number of nitrogens with one attached hydrogen (secondary N) is 1. The second-order valence-electron chi connectivity index (χ2n) is 5.49. The van der Waals surface area contributed by atoms with Gasteiger partial charge in [0, 0.05) is 12.8 Å². The summed E-state index contributed by atoms with van der Waals surface area (Å²) < 4.78 is 0. The largest absolute Gasteiger partial charge is 0.391 e. The topological polar surface area (TPSA) is 56.0 Å². The molecule has 2 aromatic carbocycles. The zero-order chi connectivity index (χ0) is 14.7. The van der Waals surface area contributed by atoms with Crippen LogP contribution in [0.4, 0.5) is 0 Å². The summed E-state index contributed by atoms with van der Waals surface area (Å²) in [5.74, 6) is 0. The Hall–Kier alpha value is -2.15. The number of hydrogen-bond donors (Lipinski definition) is 2. The number of hydrogen-bond acceptors (Lipinski definition) is 3. The van der Waals surface area contributed by atoms with Crippen LogP contribution in [0.5, 0.6) is 0 Å². The summed E-state index contributed by atoms with van der Waals surface area (Å²) in [4.78, 5) is 0. The standard InChI is InChI=1S/C18H18N2O/c19-12-15(10-13-6-2-1-3-7-13)20-18-16-9-5-4-8-14(16)11-17(18)21/h1-9,15,17-18,20-21H,10-11H2/t15-,17+,18-/m0/s1. The fraction of sp³-hybridized carbons (Fsp3) is 0.278. The predicted molar refractivity (Wildman–Crippen MR) is 81.6 cm³/mol. The van der Waals surface area contributed by atoms with Crippen LogP contribution in [0.1, 0.15) is 22.7 Å². The van der Waals surface area contributed by atoms with Crippen molar-refractivity contribution in [2.75, 3.05) is 0 Å². The lowest BCUT2D eigenvalue weighted by Gasteiger charge is -2.21. The average molecular weight is 278 g/mol. The maximum absolute atomic E-state index is 10.2. The number of benzene rings is 2. The molecule has 0 aromatic heterocycles. The van der Waals surface area contributed by atoms with E-state index < -0.39 is 6.10 Å². The van der Waals surface area contributed by atoms with Crippen molar-refractivity contribution in [1.82, 2.24) is 5.32 Å². The molecule has 0 aliphatic heterocycles. The zero-order valence-corrected chi connectivity index (χ0v) is 11.7. The van der Waals surface area contributed by atoms with Gasteiger partial charge >= 0.3 is 0 Å². The highest BCUT2D eigenvalue weighted by atomic mass is 16.3. The molecule has 0 fully saturated rings. The van der Waals surface area contributed by atoms with Crippen LogP contribution in [0.25, 0.3) is 0 Å². The van der Waals surface area contributed by atoms with Gasteiger partial charge in [-0.2, -0.15) is 5.26 Å². The number of rotatable bonds is 4. The molecule has 0 radical (unpaired) electrons. The third-order valence-corrected chi connectivity index (χ3v) is 4.02. The number of nitriles is 1. The van der Waals surface area contributed by atoms with Gasteiger partial charge in [0.05, 0.1) is 24.3 Å². The van der Waals surface area contributed by atoms with Gasteiger partial charge in [0.2, 0.25) is 0 Å². The summed E-state index contributed by atoms with van der Waals surface area (Å²) in [6.45, 7) is 0. The number of fused-ring (bicyclic) bond motifs is 1. The van der Waals surface area contributed by atoms with E-state index in [4.69, 9.17) is 0 Å². The highest BCUT2D eigenvalue weighted by molar-refractivity contribution is 5.36. The molecule has 21 heavy (non-hydrogen) atoms. The van der Waals surface area contributed by atoms with E-state index in [1.807, 2.05) is 54.6 Å². The van der Waals surface area contributed by atoms with Crippen molar-refractivity contribution in [3.05, 3.63) is 71.3 Å². The van der Waals surface area contributed by atoms with Crippen molar-refractivity contribution in [2.45, 2.75) is 31.0 Å². The third kappa shape index (κ3) is 2.97. The Morgan fingerprint density at radius 3 is 2.62 bits per heavy atom. The van der Waals surface area contributed by atoms with Crippen LogP contribution in [0.15, 0.2) is 54.6 Å². The number of nitrogens with zero attached hydrogens (tertiary/aromatic N) is 1. The third-order valence-electron chi connectivity index (χ3n) is 4.02. The van der Waals surface area contributed by atoms with Crippen molar-refractivity contribution in [3.8, 4) is 6.07 Å². The second-order valence-corrected chi connectivity index (χ2v) is 5.49. The van der Waals surface area contributed by atoms with E-state index in [2.05, 4.69) is 11.4 Å². The highest BCUT2D eigenvalue weighted by Gasteiger charge is 2.32. The minimum atomic E-state index is -0.464. The van der Waals surface area contributed by atoms with Crippen LogP contribution >= 0.6 is 0 Å². The predicted octanol–water partition coefficient (Wildman–Crippen LogP) is 2.37. The summed E-state index contributed by atoms with van der Waals surface area (Å²) in [5, 5.41) is 22.9. The first-order chi connectivity index (χ1) is 10.3. The molecular weight excluding hydrogens is 260 g/mol. The molecule has 106 valence electrons. The first kappa shape index (κ1) is 13.8. The Labute approximate surface area is 124 Å². The molecule has 0 saturated heterocycles. The Kier molecular flexibility index (Phi) is 4.01. The lowest BCUT2D eigenvalue weighted by atomic mass is 10.0. The fourth-order valence-corrected chi connectivity index (χ4v) is 2.98. The van der Waals surface area contributed by atoms with Crippen molar-refractivity contribution < 1.29 is 5.11 Å². The van der Waals surface area contributed by atoms with Gasteiger partial charge < -0.3 is 5.11 Å². The maximum Gasteiger partial charge on any atom is 0.0999 e. The molecule has 0 unspecified atom stereocenters. The molecule has 0 saturated carbocycles. The van der Waals surface area contributed by atoms with Gasteiger partial charge in [-0.05, 0) is 16.7 Å². The smallest absolute Gasteiger partial charge is 0.0999 e. The molecular formula is C18H18N2O. The summed E-state index contributed by atoms with van der Waals surface area (Å²) in [5.41, 5.74) is 3.40. The van der Waals surface area contributed by atoms with Gasteiger partial charge in [-0.1, -0.05) is 54.6 Å². The molecule has 3 rings (SSSR count). The molecule has 1 aliphatic rings. The SMILES string of the molecule is N#C[C@H](Cc1ccccc1)N[C@H]1c2ccccc2C[C@H]1O. The zero-order valence-electron chi connectivity index (χ0n) is 11.7. The van der Waals surface area contributed by atoms with Gasteiger partial charge in [0.15, 0.2) is 0 Å². The van der Waals surface area contributed by atoms with Crippen molar-refractivity contribution in [2.24, 2.45) is 0 Å². The van der Waals surface area contributed by atoms with E-state index in [0.29, 0.717) is 12.8 Å². The number of aliphatic hydroxyl groups is 1. The molecule has 1 aliphatic carbocycles. The highest BCUT2D eigenvalue weighted by Crippen LogP contribution is 2.31. The Morgan fingerprint density at radius 2 is 1.86 bits per heavy atom. The first-order valence-corrected chi connectivity index (χ1v) is 7.23. The van der Waals surface area contributed by atoms with E-state index in [0.717, 1.165) is 11.1 Å². The normalized spacial score (nSPS) is 21.5. The Bertz CT molecular complexity index is 648. The molecule has 3 atom stereocenters. The van der Waals surface area contributed by atoms with Crippen LogP contribution in [-0.2, 0) is 12.8 Å². The van der Waals surface area contributed by atoms with Crippen molar-refractivity contribution in [3.63, 3.8) is 0 Å². The summed E-state index contributed by atoms with van der Waals surface area (Å²) in [6, 6.07) is 19.8. The average Bonchev–Trinajstić information content (AvgIpc) is 2.83. The van der Waals surface area contributed by atoms with E-state index in [-0.39, 0.29) is 12.1 Å². The minimum absolute atomic E-state index is 0.158. The maximum atomic E-state index is 10.2. The van der Waals surface area contributed by atoms with E-state index >= 15 is 0 Å². The monoisotopic (exact) mass is 278 g/mol. The summed E-state index contributed by atoms with van der Waals surface area (Å²) in [6.07, 6.45) is 0.828. The lowest BCUT2D eigenvalue weighted by Crippen LogP contribution is -2.37. The fourth-order valence-electron chi connectivity index (χ4n) is 2.98. The quantitative estimate of drug-likeness (QED) is 0.902. The van der Waals surface area contributed by atoms with Gasteiger partial charge in [-0.25, -0.2) is 0 Å². The molecule has 0 heterocycles. The Balaban J connectivity index is 1.74. The van der Waals surface area contributed by atoms with Crippen LogP contribution < -0.4 is 5.32 Å². The summed E-state index contributed by atoms with van der Waals surface area (Å²) in [7, 11) is 0. The first-order valence-electron chi connectivity index (χ1n) is 7.23. The summed E-state index contributed by atoms with van der Waals surface area (Å²) >= 11 is 0. The molecule has 0 spiro atoms. The van der Waals surface area contributed by atoms with Crippen LogP contribution in [0.2, 0.25) is 0 Å². The number of aliphatic hydroxyl groups excluding tert-OH is 1. The molecule has 2 aromatic rings. The minimum Gasteiger partial charge on any atom is -0.391 e. The van der Waals surface area contributed by atoms with Crippen LogP contribution in [-0.4, -0.2) is 17.3 Å². The van der Waals surface area contributed by atoms with Gasteiger partial charge in [-0.3, -0.25) is 5.32 Å². The van der Waals surface area contributed by atoms with Crippen molar-refractivity contribution >= 4 is 0 Å². The van der Waals surface area contributed by atoms with Crippen molar-refractivity contribution in [1.29, 1.82) is 5.26 Å². The van der Waals surface area contributed by atoms with Crippen LogP contribution in [0.3, 0.4) is 0 Å². The van der Waals surface area contributed by atoms with E-state index in [1.54, 1.807) is 0 Å². The molecule has 3 heteroatoms. The van der Waals surface area contributed by atoms with E-state index in [1.165, 1.54) is 5.56 Å². The molecule has 0 bridgehead atoms. The van der Waals surface area contributed by atoms with Gasteiger partial charge in [0.1, 0.15) is 0 Å². The second kappa shape index (κ2) is 6.09. The molecule has 0 amide bonds. The molecule has 2 N–H and O–H groups in total. The van der Waals surface area contributed by atoms with Crippen LogP contribution in [0, 0.1) is 11.3 Å². The lowest BCUT2D eigenvalue weighted by molar-refractivity contribution is 0.138. The van der Waals surface area contributed by atoms with E-state index in [9.17, 15) is 10.4 Å². The molecule has 3 nitrogen and oxygen atoms in total. The van der Waals surface area contributed by atoms with Gasteiger partial charge in [-0.15, -0.1) is 0 Å².